The van der Waals surface area contributed by atoms with Crippen LogP contribution in [0.5, 0.6) is 0 Å². The monoisotopic (exact) mass is 256 g/mol. The van der Waals surface area contributed by atoms with Crippen LogP contribution in [0, 0.1) is 11.8 Å². The second-order valence-electron chi connectivity index (χ2n) is 5.24. The second kappa shape index (κ2) is 11.6. The highest BCUT2D eigenvalue weighted by molar-refractivity contribution is 5.72. The average Bonchev–Trinajstić information content (AvgIpc) is 2.38. The Labute approximate surface area is 113 Å². The van der Waals surface area contributed by atoms with E-state index in [4.69, 9.17) is 4.74 Å². The molecule has 0 heterocycles. The minimum atomic E-state index is 0.0286. The summed E-state index contributed by atoms with van der Waals surface area (Å²) in [7, 11) is 0. The number of esters is 1. The van der Waals surface area contributed by atoms with Crippen molar-refractivity contribution < 1.29 is 9.53 Å². The molecule has 2 heteroatoms. The lowest BCUT2D eigenvalue weighted by atomic mass is 9.86. The van der Waals surface area contributed by atoms with Crippen LogP contribution in [-0.2, 0) is 9.53 Å². The van der Waals surface area contributed by atoms with Crippen molar-refractivity contribution in [3.05, 3.63) is 0 Å². The number of carbonyl (C=O) groups excluding carboxylic acids is 1. The Hall–Kier alpha value is -0.530. The van der Waals surface area contributed by atoms with Crippen LogP contribution < -0.4 is 0 Å². The number of rotatable bonds is 11. The highest BCUT2D eigenvalue weighted by atomic mass is 16.5. The molecule has 0 saturated carbocycles. The molecule has 0 aromatic carbocycles. The van der Waals surface area contributed by atoms with E-state index in [9.17, 15) is 4.79 Å². The van der Waals surface area contributed by atoms with E-state index in [1.165, 1.54) is 25.7 Å². The van der Waals surface area contributed by atoms with Gasteiger partial charge in [0, 0.05) is 0 Å². The maximum atomic E-state index is 12.0. The minimum Gasteiger partial charge on any atom is -0.466 e. The maximum Gasteiger partial charge on any atom is 0.308 e. The van der Waals surface area contributed by atoms with Crippen molar-refractivity contribution in [3.8, 4) is 0 Å². The van der Waals surface area contributed by atoms with Gasteiger partial charge in [-0.3, -0.25) is 4.79 Å². The molecule has 0 aromatic rings. The molecule has 108 valence electrons. The molecular weight excluding hydrogens is 224 g/mol. The molecule has 2 nitrogen and oxygen atoms in total. The molecule has 0 aromatic heterocycles. The van der Waals surface area contributed by atoms with Gasteiger partial charge in [-0.1, -0.05) is 59.3 Å². The fourth-order valence-electron chi connectivity index (χ4n) is 2.43. The number of unbranched alkanes of at least 4 members (excludes halogenated alkanes) is 2. The number of hydrogen-bond acceptors (Lipinski definition) is 2. The van der Waals surface area contributed by atoms with E-state index in [1.807, 2.05) is 6.92 Å². The molecule has 0 radical (unpaired) electrons. The van der Waals surface area contributed by atoms with Gasteiger partial charge in [-0.15, -0.1) is 0 Å². The summed E-state index contributed by atoms with van der Waals surface area (Å²) in [5.74, 6) is 0.851. The Morgan fingerprint density at radius 1 is 1.00 bits per heavy atom. The minimum absolute atomic E-state index is 0.0286. The van der Waals surface area contributed by atoms with E-state index in [-0.39, 0.29) is 11.9 Å². The molecule has 0 aliphatic rings. The van der Waals surface area contributed by atoms with Gasteiger partial charge in [0.05, 0.1) is 12.5 Å². The zero-order valence-electron chi connectivity index (χ0n) is 12.8. The fraction of sp³-hybridized carbons (Fsp3) is 0.938. The van der Waals surface area contributed by atoms with Crippen LogP contribution in [0.3, 0.4) is 0 Å². The normalized spacial score (nSPS) is 14.2. The maximum absolute atomic E-state index is 12.0. The van der Waals surface area contributed by atoms with Crippen LogP contribution in [0.15, 0.2) is 0 Å². The molecule has 0 N–H and O–H groups in total. The van der Waals surface area contributed by atoms with E-state index in [2.05, 4.69) is 20.8 Å². The third-order valence-corrected chi connectivity index (χ3v) is 3.69. The van der Waals surface area contributed by atoms with E-state index in [0.29, 0.717) is 12.5 Å². The summed E-state index contributed by atoms with van der Waals surface area (Å²) in [5.41, 5.74) is 0. The topological polar surface area (TPSA) is 26.3 Å². The zero-order chi connectivity index (χ0) is 13.8. The molecule has 0 fully saturated rings. The third kappa shape index (κ3) is 7.73. The molecule has 0 saturated heterocycles. The summed E-state index contributed by atoms with van der Waals surface area (Å²) >= 11 is 0. The van der Waals surface area contributed by atoms with Crippen molar-refractivity contribution in [3.63, 3.8) is 0 Å². The summed E-state index contributed by atoms with van der Waals surface area (Å²) in [4.78, 5) is 12.0. The average molecular weight is 256 g/mol. The Morgan fingerprint density at radius 3 is 2.11 bits per heavy atom. The molecule has 0 amide bonds. The molecule has 2 unspecified atom stereocenters. The van der Waals surface area contributed by atoms with Crippen molar-refractivity contribution in [1.29, 1.82) is 0 Å². The first kappa shape index (κ1) is 17.5. The summed E-state index contributed by atoms with van der Waals surface area (Å²) in [6, 6.07) is 0. The van der Waals surface area contributed by atoms with Crippen molar-refractivity contribution in [2.75, 3.05) is 6.61 Å². The molecular formula is C16H32O2. The van der Waals surface area contributed by atoms with Crippen molar-refractivity contribution in [1.82, 2.24) is 0 Å². The Morgan fingerprint density at radius 2 is 1.61 bits per heavy atom. The first-order chi connectivity index (χ1) is 8.69. The van der Waals surface area contributed by atoms with Crippen molar-refractivity contribution in [2.45, 2.75) is 79.1 Å². The SMILES string of the molecule is CCCCC(CC)CC(CCCC)C(=O)OCC. The Balaban J connectivity index is 4.29. The van der Waals surface area contributed by atoms with Gasteiger partial charge in [0.25, 0.3) is 0 Å². The Bertz CT molecular complexity index is 201. The molecule has 0 aliphatic heterocycles. The lowest BCUT2D eigenvalue weighted by Gasteiger charge is -2.21. The summed E-state index contributed by atoms with van der Waals surface area (Å²) < 4.78 is 5.21. The standard InChI is InChI=1S/C16H32O2/c1-5-9-11-14(7-3)13-15(12-10-6-2)16(17)18-8-4/h14-15H,5-13H2,1-4H3. The Kier molecular flexibility index (Phi) is 11.2. The van der Waals surface area contributed by atoms with E-state index < -0.39 is 0 Å². The molecule has 2 atom stereocenters. The van der Waals surface area contributed by atoms with Gasteiger partial charge >= 0.3 is 5.97 Å². The fourth-order valence-corrected chi connectivity index (χ4v) is 2.43. The van der Waals surface area contributed by atoms with E-state index in [0.717, 1.165) is 25.7 Å². The summed E-state index contributed by atoms with van der Waals surface area (Å²) in [5, 5.41) is 0. The molecule has 0 rings (SSSR count). The van der Waals surface area contributed by atoms with Gasteiger partial charge in [-0.25, -0.2) is 0 Å². The van der Waals surface area contributed by atoms with Crippen LogP contribution in [0.1, 0.15) is 79.1 Å². The van der Waals surface area contributed by atoms with Crippen LogP contribution >= 0.6 is 0 Å². The van der Waals surface area contributed by atoms with E-state index >= 15 is 0 Å². The number of carbonyl (C=O) groups is 1. The van der Waals surface area contributed by atoms with E-state index in [1.54, 1.807) is 0 Å². The van der Waals surface area contributed by atoms with Crippen LogP contribution in [-0.4, -0.2) is 12.6 Å². The van der Waals surface area contributed by atoms with Crippen molar-refractivity contribution >= 4 is 5.97 Å². The highest BCUT2D eigenvalue weighted by Gasteiger charge is 2.22. The van der Waals surface area contributed by atoms with Crippen LogP contribution in [0.2, 0.25) is 0 Å². The molecule has 18 heavy (non-hydrogen) atoms. The smallest absolute Gasteiger partial charge is 0.308 e. The summed E-state index contributed by atoms with van der Waals surface area (Å²) in [6.07, 6.45) is 9.27. The molecule has 0 bridgehead atoms. The number of ether oxygens (including phenoxy) is 1. The second-order valence-corrected chi connectivity index (χ2v) is 5.24. The zero-order valence-corrected chi connectivity index (χ0v) is 12.8. The number of hydrogen-bond donors (Lipinski definition) is 0. The van der Waals surface area contributed by atoms with Gasteiger partial charge in [0.2, 0.25) is 0 Å². The van der Waals surface area contributed by atoms with Gasteiger partial charge in [-0.2, -0.15) is 0 Å². The van der Waals surface area contributed by atoms with Crippen LogP contribution in [0.25, 0.3) is 0 Å². The lowest BCUT2D eigenvalue weighted by Crippen LogP contribution is -2.21. The van der Waals surface area contributed by atoms with Gasteiger partial charge in [0.15, 0.2) is 0 Å². The predicted molar refractivity (Wildman–Crippen MR) is 77.6 cm³/mol. The van der Waals surface area contributed by atoms with Gasteiger partial charge in [-0.05, 0) is 25.7 Å². The molecule has 0 spiro atoms. The lowest BCUT2D eigenvalue weighted by molar-refractivity contribution is -0.149. The van der Waals surface area contributed by atoms with Gasteiger partial charge < -0.3 is 4.74 Å². The predicted octanol–water partition coefficient (Wildman–Crippen LogP) is 4.96. The van der Waals surface area contributed by atoms with Crippen LogP contribution in [0.4, 0.5) is 0 Å². The quantitative estimate of drug-likeness (QED) is 0.488. The first-order valence-electron chi connectivity index (χ1n) is 7.86. The molecule has 0 aliphatic carbocycles. The highest BCUT2D eigenvalue weighted by Crippen LogP contribution is 2.25. The van der Waals surface area contributed by atoms with Gasteiger partial charge in [0.1, 0.15) is 0 Å². The summed E-state index contributed by atoms with van der Waals surface area (Å²) in [6.45, 7) is 9.04. The third-order valence-electron chi connectivity index (χ3n) is 3.69. The van der Waals surface area contributed by atoms with Crippen molar-refractivity contribution in [2.24, 2.45) is 11.8 Å². The largest absolute Gasteiger partial charge is 0.466 e. The first-order valence-corrected chi connectivity index (χ1v) is 7.86.